The van der Waals surface area contributed by atoms with Crippen molar-refractivity contribution in [2.45, 2.75) is 80.6 Å². The third-order valence-corrected chi connectivity index (χ3v) is 8.51. The average molecular weight is 460 g/mol. The van der Waals surface area contributed by atoms with Gasteiger partial charge in [-0.3, -0.25) is 14.5 Å². The van der Waals surface area contributed by atoms with E-state index in [2.05, 4.69) is 57.4 Å². The van der Waals surface area contributed by atoms with E-state index in [4.69, 9.17) is 0 Å². The Morgan fingerprint density at radius 1 is 1.18 bits per heavy atom. The van der Waals surface area contributed by atoms with Gasteiger partial charge in [-0.15, -0.1) is 0 Å². The summed E-state index contributed by atoms with van der Waals surface area (Å²) in [5.74, 6) is 2.47. The number of hydrogen-bond donors (Lipinski definition) is 0. The summed E-state index contributed by atoms with van der Waals surface area (Å²) in [6.45, 7) is 21.6. The Labute approximate surface area is 202 Å². The highest BCUT2D eigenvalue weighted by molar-refractivity contribution is 5.76. The minimum absolute atomic E-state index is 0.261. The van der Waals surface area contributed by atoms with Crippen LogP contribution in [-0.2, 0) is 9.59 Å². The zero-order chi connectivity index (χ0) is 24.4. The van der Waals surface area contributed by atoms with Gasteiger partial charge in [0.05, 0.1) is 0 Å². The van der Waals surface area contributed by atoms with Gasteiger partial charge < -0.3 is 9.80 Å². The summed E-state index contributed by atoms with van der Waals surface area (Å²) in [6.07, 6.45) is 7.21. The summed E-state index contributed by atoms with van der Waals surface area (Å²) in [6, 6.07) is 0. The number of nitrogens with zero attached hydrogens (tertiary/aromatic N) is 3. The number of amides is 2. The lowest BCUT2D eigenvalue weighted by Gasteiger charge is -2.57. The normalized spacial score (nSPS) is 25.8. The predicted molar refractivity (Wildman–Crippen MR) is 136 cm³/mol. The second-order valence-corrected chi connectivity index (χ2v) is 12.8. The summed E-state index contributed by atoms with van der Waals surface area (Å²) in [7, 11) is 0. The van der Waals surface area contributed by atoms with E-state index in [1.54, 1.807) is 0 Å². The van der Waals surface area contributed by atoms with E-state index in [0.29, 0.717) is 36.0 Å². The monoisotopic (exact) mass is 459 g/mol. The molecule has 188 valence electrons. The Kier molecular flexibility index (Phi) is 8.35. The molecule has 0 N–H and O–H groups in total. The van der Waals surface area contributed by atoms with Gasteiger partial charge in [0.15, 0.2) is 0 Å². The highest BCUT2D eigenvalue weighted by atomic mass is 16.2. The van der Waals surface area contributed by atoms with Gasteiger partial charge >= 0.3 is 0 Å². The van der Waals surface area contributed by atoms with Gasteiger partial charge in [-0.1, -0.05) is 60.1 Å². The van der Waals surface area contributed by atoms with Crippen LogP contribution in [0.3, 0.4) is 0 Å². The maximum atomic E-state index is 12.8. The molecule has 0 aromatic rings. The zero-order valence-corrected chi connectivity index (χ0v) is 22.5. The summed E-state index contributed by atoms with van der Waals surface area (Å²) in [5.41, 5.74) is 2.16. The van der Waals surface area contributed by atoms with Crippen molar-refractivity contribution < 1.29 is 9.59 Å². The molecule has 0 aromatic heterocycles. The van der Waals surface area contributed by atoms with E-state index in [1.807, 2.05) is 11.8 Å². The minimum atomic E-state index is 0.261. The number of carbonyl (C=O) groups is 2. The number of piperazine rings is 1. The summed E-state index contributed by atoms with van der Waals surface area (Å²) < 4.78 is 0. The van der Waals surface area contributed by atoms with Gasteiger partial charge in [-0.2, -0.15) is 0 Å². The fourth-order valence-electron chi connectivity index (χ4n) is 6.42. The third kappa shape index (κ3) is 6.61. The Morgan fingerprint density at radius 2 is 1.85 bits per heavy atom. The van der Waals surface area contributed by atoms with E-state index < -0.39 is 0 Å². The van der Waals surface area contributed by atoms with Gasteiger partial charge in [0, 0.05) is 58.7 Å². The summed E-state index contributed by atoms with van der Waals surface area (Å²) in [5, 5.41) is 0. The van der Waals surface area contributed by atoms with Gasteiger partial charge in [0.2, 0.25) is 11.8 Å². The van der Waals surface area contributed by atoms with Crippen molar-refractivity contribution in [3.8, 4) is 0 Å². The number of rotatable bonds is 9. The van der Waals surface area contributed by atoms with Crippen LogP contribution < -0.4 is 0 Å². The second-order valence-electron chi connectivity index (χ2n) is 12.8. The molecule has 3 unspecified atom stereocenters. The third-order valence-electron chi connectivity index (χ3n) is 8.51. The Morgan fingerprint density at radius 3 is 2.39 bits per heavy atom. The molecule has 5 heteroatoms. The molecule has 2 amide bonds. The van der Waals surface area contributed by atoms with Crippen molar-refractivity contribution >= 4 is 11.8 Å². The van der Waals surface area contributed by atoms with E-state index >= 15 is 0 Å². The molecule has 0 spiro atoms. The SMILES string of the molecule is CCC(=O)N(CCN1CCN(C(=O)CC(C)CC(C)(C)C)CC1)CC1=CCC2CC1C2(C)C. The van der Waals surface area contributed by atoms with Crippen molar-refractivity contribution in [3.63, 3.8) is 0 Å². The maximum Gasteiger partial charge on any atom is 0.222 e. The van der Waals surface area contributed by atoms with Gasteiger partial charge in [-0.25, -0.2) is 0 Å². The first kappa shape index (κ1) is 26.2. The molecule has 3 aliphatic carbocycles. The first-order valence-corrected chi connectivity index (χ1v) is 13.4. The molecule has 4 aliphatic rings. The van der Waals surface area contributed by atoms with Gasteiger partial charge in [0.1, 0.15) is 0 Å². The average Bonchev–Trinajstić information content (AvgIpc) is 2.74. The molecule has 4 rings (SSSR count). The largest absolute Gasteiger partial charge is 0.340 e. The van der Waals surface area contributed by atoms with Crippen LogP contribution in [0.25, 0.3) is 0 Å². The molecule has 1 saturated carbocycles. The zero-order valence-electron chi connectivity index (χ0n) is 22.5. The fourth-order valence-corrected chi connectivity index (χ4v) is 6.42. The maximum absolute atomic E-state index is 12.8. The van der Waals surface area contributed by atoms with Crippen LogP contribution in [0.1, 0.15) is 80.6 Å². The lowest BCUT2D eigenvalue weighted by atomic mass is 9.49. The molecule has 2 bridgehead atoms. The van der Waals surface area contributed by atoms with Crippen LogP contribution in [0, 0.1) is 28.6 Å². The summed E-state index contributed by atoms with van der Waals surface area (Å²) in [4.78, 5) is 32.0. The van der Waals surface area contributed by atoms with E-state index in [1.165, 1.54) is 18.4 Å². The van der Waals surface area contributed by atoms with Crippen molar-refractivity contribution in [1.29, 1.82) is 0 Å². The topological polar surface area (TPSA) is 43.9 Å². The lowest BCUT2D eigenvalue weighted by molar-refractivity contribution is -0.134. The molecule has 2 fully saturated rings. The van der Waals surface area contributed by atoms with Crippen LogP contribution in [-0.4, -0.2) is 72.3 Å². The number of carbonyl (C=O) groups excluding carboxylic acids is 2. The second kappa shape index (κ2) is 10.5. The molecule has 3 atom stereocenters. The first-order chi connectivity index (χ1) is 15.4. The molecule has 1 heterocycles. The van der Waals surface area contributed by atoms with Crippen LogP contribution in [0.15, 0.2) is 11.6 Å². The quantitative estimate of drug-likeness (QED) is 0.464. The summed E-state index contributed by atoms with van der Waals surface area (Å²) >= 11 is 0. The van der Waals surface area contributed by atoms with E-state index in [0.717, 1.165) is 58.2 Å². The molecule has 1 aliphatic heterocycles. The standard InChI is InChI=1S/C28H49N3O2/c1-8-25(32)31(20-22-9-10-23-18-24(22)28(23,6)7)16-13-29-11-14-30(15-12-29)26(33)17-21(2)19-27(3,4)5/h9,21,23-24H,8,10-20H2,1-7H3. The first-order valence-electron chi connectivity index (χ1n) is 13.4. The molecular formula is C28H49N3O2. The highest BCUT2D eigenvalue weighted by Crippen LogP contribution is 2.59. The van der Waals surface area contributed by atoms with Crippen LogP contribution in [0.2, 0.25) is 0 Å². The fraction of sp³-hybridized carbons (Fsp3) is 0.857. The van der Waals surface area contributed by atoms with Crippen molar-refractivity contribution in [2.75, 3.05) is 45.8 Å². The minimum Gasteiger partial charge on any atom is -0.340 e. The Balaban J connectivity index is 1.44. The molecule has 0 aromatic carbocycles. The Bertz CT molecular complexity index is 728. The van der Waals surface area contributed by atoms with Crippen molar-refractivity contribution in [3.05, 3.63) is 11.6 Å². The van der Waals surface area contributed by atoms with Crippen molar-refractivity contribution in [2.24, 2.45) is 28.6 Å². The predicted octanol–water partition coefficient (Wildman–Crippen LogP) is 4.82. The van der Waals surface area contributed by atoms with Gasteiger partial charge in [0.25, 0.3) is 0 Å². The van der Waals surface area contributed by atoms with Crippen molar-refractivity contribution in [1.82, 2.24) is 14.7 Å². The highest BCUT2D eigenvalue weighted by Gasteiger charge is 2.51. The lowest BCUT2D eigenvalue weighted by Crippen LogP contribution is -2.52. The van der Waals surface area contributed by atoms with Crippen LogP contribution in [0.5, 0.6) is 0 Å². The number of hydrogen-bond acceptors (Lipinski definition) is 3. The van der Waals surface area contributed by atoms with Crippen LogP contribution >= 0.6 is 0 Å². The smallest absolute Gasteiger partial charge is 0.222 e. The molecule has 0 radical (unpaired) electrons. The van der Waals surface area contributed by atoms with E-state index in [9.17, 15) is 9.59 Å². The molecular weight excluding hydrogens is 410 g/mol. The van der Waals surface area contributed by atoms with Crippen LogP contribution in [0.4, 0.5) is 0 Å². The molecule has 33 heavy (non-hydrogen) atoms. The number of fused-ring (bicyclic) bond motifs is 1. The Hall–Kier alpha value is -1.36. The van der Waals surface area contributed by atoms with E-state index in [-0.39, 0.29) is 11.3 Å². The molecule has 1 saturated heterocycles. The van der Waals surface area contributed by atoms with Gasteiger partial charge in [-0.05, 0) is 47.8 Å². The number of allylic oxidation sites excluding steroid dienone is 1. The molecule has 5 nitrogen and oxygen atoms in total.